The first-order valence-electron chi connectivity index (χ1n) is 12.9. The molecule has 0 fully saturated rings. The fraction of sp³-hybridized carbons (Fsp3) is 0.778. The predicted octanol–water partition coefficient (Wildman–Crippen LogP) is 8.03. The number of pyridine rings is 1. The van der Waals surface area contributed by atoms with Crippen molar-refractivity contribution in [2.45, 2.75) is 135 Å². The van der Waals surface area contributed by atoms with Crippen LogP contribution in [0.25, 0.3) is 0 Å². The van der Waals surface area contributed by atoms with Crippen molar-refractivity contribution in [3.63, 3.8) is 0 Å². The number of aromatic nitrogens is 1. The molecule has 0 aromatic carbocycles. The predicted molar refractivity (Wildman–Crippen MR) is 127 cm³/mol. The fourth-order valence-electron chi connectivity index (χ4n) is 4.26. The summed E-state index contributed by atoms with van der Waals surface area (Å²) in [6.07, 6.45) is 28.9. The third kappa shape index (κ3) is 14.6. The normalized spacial score (nSPS) is 12.2. The second kappa shape index (κ2) is 19.6. The number of carboxylic acids is 1. The molecule has 1 aromatic rings. The first kappa shape index (κ1) is 26.7. The molecule has 1 rings (SSSR count). The Hall–Kier alpha value is -1.38. The van der Waals surface area contributed by atoms with E-state index in [0.29, 0.717) is 0 Å². The molecule has 0 aliphatic heterocycles. The summed E-state index contributed by atoms with van der Waals surface area (Å²) >= 11 is 0. The zero-order valence-corrected chi connectivity index (χ0v) is 19.7. The molecule has 1 N–H and O–H groups in total. The van der Waals surface area contributed by atoms with E-state index in [1.165, 1.54) is 103 Å². The lowest BCUT2D eigenvalue weighted by molar-refractivity contribution is -0.711. The Morgan fingerprint density at radius 2 is 1.00 bits per heavy atom. The van der Waals surface area contributed by atoms with Gasteiger partial charge in [0.15, 0.2) is 12.4 Å². The first-order valence-corrected chi connectivity index (χ1v) is 12.9. The van der Waals surface area contributed by atoms with Crippen LogP contribution in [0.5, 0.6) is 0 Å². The number of carboxylic acid groups (broad SMARTS) is 1. The van der Waals surface area contributed by atoms with Crippen LogP contribution in [0.2, 0.25) is 0 Å². The highest BCUT2D eigenvalue weighted by molar-refractivity contribution is 5.69. The molecule has 0 aliphatic carbocycles. The molecule has 3 nitrogen and oxygen atoms in total. The summed E-state index contributed by atoms with van der Waals surface area (Å²) in [7, 11) is 0. The molecule has 1 unspecified atom stereocenters. The van der Waals surface area contributed by atoms with E-state index in [9.17, 15) is 9.90 Å². The highest BCUT2D eigenvalue weighted by Crippen LogP contribution is 2.16. The van der Waals surface area contributed by atoms with E-state index in [2.05, 4.69) is 6.92 Å². The summed E-state index contributed by atoms with van der Waals surface area (Å²) in [5.74, 6) is -0.724. The van der Waals surface area contributed by atoms with Gasteiger partial charge in [0.05, 0.1) is 0 Å². The number of hydrogen-bond donors (Lipinski definition) is 1. The van der Waals surface area contributed by atoms with Crippen molar-refractivity contribution in [2.75, 3.05) is 0 Å². The highest BCUT2D eigenvalue weighted by Gasteiger charge is 2.25. The molecule has 1 aromatic heterocycles. The van der Waals surface area contributed by atoms with Crippen molar-refractivity contribution in [3.8, 4) is 0 Å². The zero-order chi connectivity index (χ0) is 21.7. The van der Waals surface area contributed by atoms with E-state index in [0.717, 1.165) is 19.3 Å². The van der Waals surface area contributed by atoms with Crippen LogP contribution in [-0.2, 0) is 4.79 Å². The topological polar surface area (TPSA) is 41.2 Å². The molecule has 0 saturated heterocycles. The van der Waals surface area contributed by atoms with Gasteiger partial charge in [0.25, 0.3) is 6.04 Å². The fourth-order valence-corrected chi connectivity index (χ4v) is 4.26. The van der Waals surface area contributed by atoms with Crippen molar-refractivity contribution in [2.24, 2.45) is 0 Å². The van der Waals surface area contributed by atoms with Gasteiger partial charge in [0.2, 0.25) is 0 Å². The minimum atomic E-state index is -0.724. The van der Waals surface area contributed by atoms with E-state index < -0.39 is 12.0 Å². The number of nitrogens with zero attached hydrogens (tertiary/aromatic N) is 1. The molecule has 3 heteroatoms. The average Bonchev–Trinajstić information content (AvgIpc) is 2.76. The third-order valence-corrected chi connectivity index (χ3v) is 6.21. The summed E-state index contributed by atoms with van der Waals surface area (Å²) in [6, 6.07) is 5.29. The maximum atomic E-state index is 11.5. The van der Waals surface area contributed by atoms with Crippen molar-refractivity contribution in [3.05, 3.63) is 30.6 Å². The highest BCUT2D eigenvalue weighted by atomic mass is 16.4. The number of unbranched alkanes of at least 4 members (excludes halogenated alkanes) is 17. The summed E-state index contributed by atoms with van der Waals surface area (Å²) < 4.78 is 1.82. The Bertz CT molecular complexity index is 503. The molecular weight excluding hydrogens is 370 g/mol. The monoisotopic (exact) mass is 418 g/mol. The van der Waals surface area contributed by atoms with E-state index in [-0.39, 0.29) is 0 Å². The number of hydrogen-bond acceptors (Lipinski definition) is 1. The van der Waals surface area contributed by atoms with Gasteiger partial charge in [-0.05, 0) is 6.42 Å². The number of aliphatic carboxylic acids is 1. The summed E-state index contributed by atoms with van der Waals surface area (Å²) in [4.78, 5) is 11.5. The molecule has 172 valence electrons. The van der Waals surface area contributed by atoms with E-state index in [1.54, 1.807) is 0 Å². The largest absolute Gasteiger partial charge is 0.476 e. The zero-order valence-electron chi connectivity index (χ0n) is 19.7. The van der Waals surface area contributed by atoms with Crippen LogP contribution in [0.15, 0.2) is 30.6 Å². The van der Waals surface area contributed by atoms with Gasteiger partial charge >= 0.3 is 5.97 Å². The Morgan fingerprint density at radius 1 is 0.633 bits per heavy atom. The average molecular weight is 419 g/mol. The second-order valence-electron chi connectivity index (χ2n) is 8.98. The van der Waals surface area contributed by atoms with Crippen LogP contribution in [0.1, 0.15) is 135 Å². The van der Waals surface area contributed by atoms with Crippen molar-refractivity contribution >= 4 is 5.97 Å². The molecule has 0 bridgehead atoms. The lowest BCUT2D eigenvalue weighted by Gasteiger charge is -2.08. The molecule has 1 atom stereocenters. The standard InChI is InChI=1S/C27H47NO2/c1-2-3-4-5-6-7-8-9-10-11-12-13-14-15-16-17-18-20-23-26(27(29)30)28-24-21-19-22-25-28/h19,21-22,24-26H,2-18,20,23H2,1H3/p+1. The minimum absolute atomic E-state index is 0.424. The molecule has 0 saturated carbocycles. The molecule has 0 spiro atoms. The Balaban J connectivity index is 1.84. The summed E-state index contributed by atoms with van der Waals surface area (Å²) in [5, 5.41) is 9.45. The van der Waals surface area contributed by atoms with Gasteiger partial charge in [0.1, 0.15) is 0 Å². The lowest BCUT2D eigenvalue weighted by Crippen LogP contribution is -2.43. The minimum Gasteiger partial charge on any atom is -0.476 e. The van der Waals surface area contributed by atoms with Gasteiger partial charge in [-0.1, -0.05) is 122 Å². The quantitative estimate of drug-likeness (QED) is 0.162. The Kier molecular flexibility index (Phi) is 17.4. The maximum absolute atomic E-state index is 11.5. The Labute approximate surface area is 186 Å². The summed E-state index contributed by atoms with van der Waals surface area (Å²) in [5.41, 5.74) is 0. The van der Waals surface area contributed by atoms with Crippen molar-refractivity contribution in [1.82, 2.24) is 0 Å². The molecule has 0 radical (unpaired) electrons. The SMILES string of the molecule is CCCCCCCCCCCCCCCCCCCCC(C(=O)O)[n+]1ccccc1. The van der Waals surface area contributed by atoms with Crippen LogP contribution < -0.4 is 4.57 Å². The third-order valence-electron chi connectivity index (χ3n) is 6.21. The molecule has 0 aliphatic rings. The number of carbonyl (C=O) groups is 1. The first-order chi connectivity index (χ1) is 14.8. The smallest absolute Gasteiger partial charge is 0.373 e. The van der Waals surface area contributed by atoms with Gasteiger partial charge in [-0.15, -0.1) is 0 Å². The van der Waals surface area contributed by atoms with Gasteiger partial charge in [-0.25, -0.2) is 4.79 Å². The van der Waals surface area contributed by atoms with Crippen molar-refractivity contribution in [1.29, 1.82) is 0 Å². The van der Waals surface area contributed by atoms with Gasteiger partial charge in [-0.3, -0.25) is 0 Å². The Morgan fingerprint density at radius 3 is 1.37 bits per heavy atom. The molecular formula is C27H48NO2+. The van der Waals surface area contributed by atoms with E-state index >= 15 is 0 Å². The number of rotatable bonds is 21. The van der Waals surface area contributed by atoms with Crippen LogP contribution >= 0.6 is 0 Å². The molecule has 0 amide bonds. The van der Waals surface area contributed by atoms with Gasteiger partial charge < -0.3 is 5.11 Å². The van der Waals surface area contributed by atoms with Crippen LogP contribution in [0.4, 0.5) is 0 Å². The second-order valence-corrected chi connectivity index (χ2v) is 8.98. The maximum Gasteiger partial charge on any atom is 0.373 e. The van der Waals surface area contributed by atoms with Gasteiger partial charge in [0, 0.05) is 18.6 Å². The van der Waals surface area contributed by atoms with Crippen LogP contribution in [-0.4, -0.2) is 11.1 Å². The van der Waals surface area contributed by atoms with Crippen LogP contribution in [0.3, 0.4) is 0 Å². The van der Waals surface area contributed by atoms with Crippen molar-refractivity contribution < 1.29 is 14.5 Å². The molecule has 30 heavy (non-hydrogen) atoms. The van der Waals surface area contributed by atoms with E-state index in [4.69, 9.17) is 0 Å². The lowest BCUT2D eigenvalue weighted by atomic mass is 10.0. The molecule has 1 heterocycles. The van der Waals surface area contributed by atoms with Crippen LogP contribution in [0, 0.1) is 0 Å². The summed E-state index contributed by atoms with van der Waals surface area (Å²) in [6.45, 7) is 2.28. The van der Waals surface area contributed by atoms with Gasteiger partial charge in [-0.2, -0.15) is 4.57 Å². The van der Waals surface area contributed by atoms with E-state index in [1.807, 2.05) is 35.2 Å².